The van der Waals surface area contributed by atoms with Gasteiger partial charge < -0.3 is 10.6 Å². The maximum atomic E-state index is 3.96. The van der Waals surface area contributed by atoms with E-state index < -0.39 is 0 Å². The molecular weight excluding hydrogens is 196 g/mol. The van der Waals surface area contributed by atoms with Gasteiger partial charge in [-0.3, -0.25) is 0 Å². The largest absolute Gasteiger partial charge is 0.314 e. The smallest absolute Gasteiger partial charge is 0.0893 e. The summed E-state index contributed by atoms with van der Waals surface area (Å²) in [5.41, 5.74) is 1.05. The average Bonchev–Trinajstić information content (AvgIpc) is 2.87. The van der Waals surface area contributed by atoms with Crippen molar-refractivity contribution in [3.8, 4) is 0 Å². The number of hydrogen-bond acceptors (Lipinski definition) is 5. The first-order valence-corrected chi connectivity index (χ1v) is 5.99. The third kappa shape index (κ3) is 3.69. The van der Waals surface area contributed by atoms with Crippen LogP contribution in [0.1, 0.15) is 25.0 Å². The van der Waals surface area contributed by atoms with Crippen LogP contribution in [0.4, 0.5) is 0 Å². The summed E-state index contributed by atoms with van der Waals surface area (Å²) in [6.45, 7) is 3.03. The van der Waals surface area contributed by atoms with E-state index in [1.54, 1.807) is 0 Å². The number of hydrogen-bond donors (Lipinski definition) is 2. The Hall–Kier alpha value is -0.520. The molecule has 5 heteroatoms. The highest BCUT2D eigenvalue weighted by Crippen LogP contribution is 2.18. The summed E-state index contributed by atoms with van der Waals surface area (Å²) in [6, 6.07) is 0.831. The number of nitrogens with one attached hydrogen (secondary N) is 2. The summed E-state index contributed by atoms with van der Waals surface area (Å²) in [7, 11) is 0. The summed E-state index contributed by atoms with van der Waals surface area (Å²) < 4.78 is 3.81. The van der Waals surface area contributed by atoms with Crippen LogP contribution in [0.3, 0.4) is 0 Å². The van der Waals surface area contributed by atoms with Gasteiger partial charge in [-0.1, -0.05) is 4.49 Å². The Morgan fingerprint density at radius 1 is 1.43 bits per heavy atom. The molecule has 0 radical (unpaired) electrons. The minimum atomic E-state index is 0.831. The predicted octanol–water partition coefficient (Wildman–Crippen LogP) is 0.770. The van der Waals surface area contributed by atoms with Crippen LogP contribution in [0.25, 0.3) is 0 Å². The van der Waals surface area contributed by atoms with Crippen LogP contribution in [0.15, 0.2) is 5.38 Å². The predicted molar refractivity (Wildman–Crippen MR) is 57.3 cm³/mol. The van der Waals surface area contributed by atoms with Crippen LogP contribution in [0, 0.1) is 0 Å². The first kappa shape index (κ1) is 10.0. The normalized spacial score (nSPS) is 16.0. The molecule has 0 unspecified atom stereocenters. The molecule has 1 heterocycles. The van der Waals surface area contributed by atoms with E-state index in [4.69, 9.17) is 0 Å². The first-order valence-electron chi connectivity index (χ1n) is 5.15. The summed E-state index contributed by atoms with van der Waals surface area (Å²) in [5.74, 6) is 0. The second-order valence-electron chi connectivity index (χ2n) is 3.65. The summed E-state index contributed by atoms with van der Waals surface area (Å²) in [4.78, 5) is 0. The Balaban J connectivity index is 1.43. The molecule has 78 valence electrons. The van der Waals surface area contributed by atoms with Gasteiger partial charge in [-0.25, -0.2) is 0 Å². The van der Waals surface area contributed by atoms with Gasteiger partial charge in [0.25, 0.3) is 0 Å². The quantitative estimate of drug-likeness (QED) is 0.656. The molecule has 1 aromatic rings. The number of rotatable bonds is 7. The molecule has 2 N–H and O–H groups in total. The van der Waals surface area contributed by atoms with E-state index >= 15 is 0 Å². The third-order valence-electron chi connectivity index (χ3n) is 2.25. The number of aromatic nitrogens is 2. The Labute approximate surface area is 88.3 Å². The van der Waals surface area contributed by atoms with E-state index in [1.807, 2.05) is 5.38 Å². The average molecular weight is 212 g/mol. The zero-order valence-corrected chi connectivity index (χ0v) is 9.02. The lowest BCUT2D eigenvalue weighted by atomic mass is 10.4. The molecule has 0 aromatic carbocycles. The van der Waals surface area contributed by atoms with Gasteiger partial charge in [-0.15, -0.1) is 5.10 Å². The molecule has 0 atom stereocenters. The fourth-order valence-electron chi connectivity index (χ4n) is 1.28. The fraction of sp³-hybridized carbons (Fsp3) is 0.778. The lowest BCUT2D eigenvalue weighted by Gasteiger charge is -2.03. The monoisotopic (exact) mass is 212 g/mol. The van der Waals surface area contributed by atoms with Crippen molar-refractivity contribution in [2.45, 2.75) is 31.8 Å². The van der Waals surface area contributed by atoms with Crippen molar-refractivity contribution >= 4 is 11.5 Å². The molecular formula is C9H16N4S. The van der Waals surface area contributed by atoms with Gasteiger partial charge >= 0.3 is 0 Å². The van der Waals surface area contributed by atoms with E-state index in [0.717, 1.165) is 31.4 Å². The maximum absolute atomic E-state index is 3.96. The summed E-state index contributed by atoms with van der Waals surface area (Å²) >= 11 is 1.41. The molecule has 0 bridgehead atoms. The van der Waals surface area contributed by atoms with Gasteiger partial charge in [0.15, 0.2) is 0 Å². The molecule has 0 amide bonds. The Morgan fingerprint density at radius 3 is 3.07 bits per heavy atom. The highest BCUT2D eigenvalue weighted by atomic mass is 32.1. The summed E-state index contributed by atoms with van der Waals surface area (Å²) in [5, 5.41) is 12.8. The van der Waals surface area contributed by atoms with E-state index in [1.165, 1.54) is 30.8 Å². The molecule has 0 saturated heterocycles. The molecule has 1 aromatic heterocycles. The van der Waals surface area contributed by atoms with E-state index in [2.05, 4.69) is 20.2 Å². The number of nitrogens with zero attached hydrogens (tertiary/aromatic N) is 2. The van der Waals surface area contributed by atoms with Crippen molar-refractivity contribution in [1.82, 2.24) is 20.2 Å². The Morgan fingerprint density at radius 2 is 2.36 bits per heavy atom. The minimum Gasteiger partial charge on any atom is -0.314 e. The second kappa shape index (κ2) is 5.38. The fourth-order valence-corrected chi connectivity index (χ4v) is 1.74. The summed E-state index contributed by atoms with van der Waals surface area (Å²) in [6.07, 6.45) is 3.93. The van der Waals surface area contributed by atoms with Gasteiger partial charge in [-0.05, 0) is 43.9 Å². The molecule has 4 nitrogen and oxygen atoms in total. The Kier molecular flexibility index (Phi) is 3.85. The lowest BCUT2D eigenvalue weighted by Crippen LogP contribution is -2.23. The van der Waals surface area contributed by atoms with Crippen molar-refractivity contribution < 1.29 is 0 Å². The van der Waals surface area contributed by atoms with Crippen LogP contribution in [0.2, 0.25) is 0 Å². The standard InChI is InChI=1S/C9H16N4S/c1(5-11-8-2-3-8)4-10-6-9-7-14-13-12-9/h7-8,10-11H,1-6H2. The molecule has 0 spiro atoms. The lowest BCUT2D eigenvalue weighted by molar-refractivity contribution is 0.589. The Bertz CT molecular complexity index is 245. The van der Waals surface area contributed by atoms with Crippen molar-refractivity contribution in [3.63, 3.8) is 0 Å². The van der Waals surface area contributed by atoms with Gasteiger partial charge in [0.05, 0.1) is 5.69 Å². The van der Waals surface area contributed by atoms with Crippen molar-refractivity contribution in [2.75, 3.05) is 13.1 Å². The molecule has 0 aliphatic heterocycles. The highest BCUT2D eigenvalue weighted by Gasteiger charge is 2.19. The molecule has 1 saturated carbocycles. The van der Waals surface area contributed by atoms with Gasteiger partial charge in [0.1, 0.15) is 0 Å². The van der Waals surface area contributed by atoms with E-state index in [0.29, 0.717) is 0 Å². The SMILES string of the molecule is c1snnc1CNCCCNC1CC1. The van der Waals surface area contributed by atoms with E-state index in [9.17, 15) is 0 Å². The first-order chi connectivity index (χ1) is 6.95. The zero-order chi connectivity index (χ0) is 9.64. The second-order valence-corrected chi connectivity index (χ2v) is 4.26. The minimum absolute atomic E-state index is 0.831. The van der Waals surface area contributed by atoms with Crippen LogP contribution >= 0.6 is 11.5 Å². The molecule has 1 aliphatic rings. The van der Waals surface area contributed by atoms with Gasteiger partial charge in [-0.2, -0.15) is 0 Å². The van der Waals surface area contributed by atoms with Gasteiger partial charge in [0.2, 0.25) is 0 Å². The van der Waals surface area contributed by atoms with Crippen LogP contribution < -0.4 is 10.6 Å². The third-order valence-corrected chi connectivity index (χ3v) is 2.81. The highest BCUT2D eigenvalue weighted by molar-refractivity contribution is 7.03. The maximum Gasteiger partial charge on any atom is 0.0893 e. The van der Waals surface area contributed by atoms with E-state index in [-0.39, 0.29) is 0 Å². The van der Waals surface area contributed by atoms with Crippen LogP contribution in [0.5, 0.6) is 0 Å². The molecule has 1 fully saturated rings. The molecule has 14 heavy (non-hydrogen) atoms. The topological polar surface area (TPSA) is 49.8 Å². The van der Waals surface area contributed by atoms with Gasteiger partial charge in [0, 0.05) is 18.0 Å². The van der Waals surface area contributed by atoms with Crippen molar-refractivity contribution in [1.29, 1.82) is 0 Å². The van der Waals surface area contributed by atoms with Crippen molar-refractivity contribution in [3.05, 3.63) is 11.1 Å². The molecule has 1 aliphatic carbocycles. The van der Waals surface area contributed by atoms with Crippen LogP contribution in [-0.2, 0) is 6.54 Å². The van der Waals surface area contributed by atoms with Crippen molar-refractivity contribution in [2.24, 2.45) is 0 Å². The molecule has 2 rings (SSSR count). The van der Waals surface area contributed by atoms with Crippen LogP contribution in [-0.4, -0.2) is 28.7 Å². The zero-order valence-electron chi connectivity index (χ0n) is 8.20.